The number of carboxylic acids is 1. The fourth-order valence-corrected chi connectivity index (χ4v) is 2.17. The summed E-state index contributed by atoms with van der Waals surface area (Å²) in [4.78, 5) is 11.3. The third-order valence-corrected chi connectivity index (χ3v) is 3.48. The van der Waals surface area contributed by atoms with Crippen LogP contribution in [0, 0.1) is 0 Å². The summed E-state index contributed by atoms with van der Waals surface area (Å²) in [5, 5.41) is 10.0. The lowest BCUT2D eigenvalue weighted by molar-refractivity contribution is -0.133. The van der Waals surface area contributed by atoms with Gasteiger partial charge in [-0.2, -0.15) is 0 Å². The molecule has 3 nitrogen and oxygen atoms in total. The van der Waals surface area contributed by atoms with Crippen molar-refractivity contribution in [2.45, 2.75) is 6.10 Å². The van der Waals surface area contributed by atoms with E-state index in [0.29, 0.717) is 21.2 Å². The Morgan fingerprint density at radius 2 is 2.17 bits per heavy atom. The van der Waals surface area contributed by atoms with Gasteiger partial charge in [0.15, 0.2) is 0 Å². The minimum absolute atomic E-state index is 0.198. The SMILES string of the molecule is C=CC1=C(C(=O)O)C(c2ccc(Cl)c(Cl)c2)OC1. The Morgan fingerprint density at radius 1 is 1.44 bits per heavy atom. The lowest BCUT2D eigenvalue weighted by Crippen LogP contribution is -2.09. The number of carbonyl (C=O) groups is 1. The Kier molecular flexibility index (Phi) is 3.76. The first-order chi connectivity index (χ1) is 8.54. The summed E-state index contributed by atoms with van der Waals surface area (Å²) in [7, 11) is 0. The summed E-state index contributed by atoms with van der Waals surface area (Å²) >= 11 is 11.7. The molecule has 0 aliphatic carbocycles. The number of carboxylic acid groups (broad SMARTS) is 1. The van der Waals surface area contributed by atoms with Crippen LogP contribution in [0.25, 0.3) is 0 Å². The normalized spacial score (nSPS) is 19.1. The molecule has 0 spiro atoms. The maximum atomic E-state index is 11.3. The highest BCUT2D eigenvalue weighted by atomic mass is 35.5. The minimum atomic E-state index is -1.02. The Morgan fingerprint density at radius 3 is 2.72 bits per heavy atom. The van der Waals surface area contributed by atoms with Crippen LogP contribution in [0.15, 0.2) is 42.0 Å². The van der Waals surface area contributed by atoms with Gasteiger partial charge < -0.3 is 9.84 Å². The van der Waals surface area contributed by atoms with Crippen molar-refractivity contribution in [3.63, 3.8) is 0 Å². The van der Waals surface area contributed by atoms with Crippen LogP contribution < -0.4 is 0 Å². The van der Waals surface area contributed by atoms with E-state index in [-0.39, 0.29) is 12.2 Å². The average Bonchev–Trinajstić information content (AvgIpc) is 2.76. The Hall–Kier alpha value is -1.29. The molecule has 1 aliphatic heterocycles. The molecule has 0 fully saturated rings. The van der Waals surface area contributed by atoms with Crippen LogP contribution in [0.5, 0.6) is 0 Å². The molecule has 0 saturated carbocycles. The standard InChI is InChI=1S/C13H10Cl2O3/c1-2-7-6-18-12(11(7)13(16)17)8-3-4-9(14)10(15)5-8/h2-5,12H,1,6H2,(H,16,17). The van der Waals surface area contributed by atoms with Crippen molar-refractivity contribution in [3.8, 4) is 0 Å². The molecule has 1 atom stereocenters. The van der Waals surface area contributed by atoms with E-state index in [0.717, 1.165) is 0 Å². The molecule has 0 saturated heterocycles. The number of ether oxygens (including phenoxy) is 1. The fraction of sp³-hybridized carbons (Fsp3) is 0.154. The molecule has 1 aromatic carbocycles. The summed E-state index contributed by atoms with van der Waals surface area (Å²) in [5.41, 5.74) is 1.45. The van der Waals surface area contributed by atoms with Gasteiger partial charge in [0.2, 0.25) is 0 Å². The van der Waals surface area contributed by atoms with Gasteiger partial charge in [-0.25, -0.2) is 4.79 Å². The molecule has 1 heterocycles. The van der Waals surface area contributed by atoms with Gasteiger partial charge in [0.1, 0.15) is 6.10 Å². The lowest BCUT2D eigenvalue weighted by Gasteiger charge is -2.13. The molecule has 18 heavy (non-hydrogen) atoms. The maximum Gasteiger partial charge on any atom is 0.334 e. The van der Waals surface area contributed by atoms with E-state index < -0.39 is 12.1 Å². The van der Waals surface area contributed by atoms with Crippen molar-refractivity contribution in [1.29, 1.82) is 0 Å². The third-order valence-electron chi connectivity index (χ3n) is 2.74. The summed E-state index contributed by atoms with van der Waals surface area (Å²) in [6.45, 7) is 3.82. The van der Waals surface area contributed by atoms with Crippen LogP contribution >= 0.6 is 23.2 Å². The maximum absolute atomic E-state index is 11.3. The smallest absolute Gasteiger partial charge is 0.334 e. The van der Waals surface area contributed by atoms with Crippen LogP contribution in [0.2, 0.25) is 10.0 Å². The van der Waals surface area contributed by atoms with Gasteiger partial charge in [-0.1, -0.05) is 41.9 Å². The van der Waals surface area contributed by atoms with Gasteiger partial charge >= 0.3 is 5.97 Å². The zero-order valence-electron chi connectivity index (χ0n) is 9.32. The summed E-state index contributed by atoms with van der Waals surface area (Å²) in [6, 6.07) is 4.94. The Balaban J connectivity index is 2.45. The highest BCUT2D eigenvalue weighted by molar-refractivity contribution is 6.42. The molecule has 0 aromatic heterocycles. The van der Waals surface area contributed by atoms with Crippen molar-refractivity contribution in [2.75, 3.05) is 6.61 Å². The molecule has 1 aliphatic rings. The fourth-order valence-electron chi connectivity index (χ4n) is 1.86. The monoisotopic (exact) mass is 284 g/mol. The molecule has 5 heteroatoms. The first-order valence-electron chi connectivity index (χ1n) is 5.20. The van der Waals surface area contributed by atoms with E-state index in [9.17, 15) is 9.90 Å². The van der Waals surface area contributed by atoms with E-state index in [1.54, 1.807) is 18.2 Å². The van der Waals surface area contributed by atoms with E-state index >= 15 is 0 Å². The lowest BCUT2D eigenvalue weighted by atomic mass is 9.99. The van der Waals surface area contributed by atoms with Crippen LogP contribution in [0.4, 0.5) is 0 Å². The average molecular weight is 285 g/mol. The molecule has 2 rings (SSSR count). The molecule has 1 unspecified atom stereocenters. The molecule has 0 amide bonds. The molecule has 1 aromatic rings. The van der Waals surface area contributed by atoms with Gasteiger partial charge in [0, 0.05) is 0 Å². The Bertz CT molecular complexity index is 549. The third kappa shape index (κ3) is 2.29. The van der Waals surface area contributed by atoms with Crippen molar-refractivity contribution in [2.24, 2.45) is 0 Å². The van der Waals surface area contributed by atoms with E-state index in [2.05, 4.69) is 6.58 Å². The van der Waals surface area contributed by atoms with Crippen LogP contribution in [0.3, 0.4) is 0 Å². The zero-order chi connectivity index (χ0) is 13.3. The second kappa shape index (κ2) is 5.14. The number of aliphatic carboxylic acids is 1. The van der Waals surface area contributed by atoms with Crippen molar-refractivity contribution in [1.82, 2.24) is 0 Å². The second-order valence-electron chi connectivity index (χ2n) is 3.81. The first-order valence-corrected chi connectivity index (χ1v) is 5.95. The summed E-state index contributed by atoms with van der Waals surface area (Å²) in [5.74, 6) is -1.02. The highest BCUT2D eigenvalue weighted by Crippen LogP contribution is 2.37. The predicted octanol–water partition coefficient (Wildman–Crippen LogP) is 3.63. The van der Waals surface area contributed by atoms with Gasteiger partial charge in [-0.15, -0.1) is 0 Å². The number of rotatable bonds is 3. The van der Waals surface area contributed by atoms with E-state index in [4.69, 9.17) is 27.9 Å². The minimum Gasteiger partial charge on any atom is -0.478 e. The molecule has 1 N–H and O–H groups in total. The molecule has 94 valence electrons. The quantitative estimate of drug-likeness (QED) is 0.922. The summed E-state index contributed by atoms with van der Waals surface area (Å²) in [6.07, 6.45) is 0.867. The topological polar surface area (TPSA) is 46.5 Å². The molecule has 0 radical (unpaired) electrons. The van der Waals surface area contributed by atoms with E-state index in [1.807, 2.05) is 0 Å². The molecular formula is C13H10Cl2O3. The van der Waals surface area contributed by atoms with Crippen molar-refractivity contribution < 1.29 is 14.6 Å². The van der Waals surface area contributed by atoms with Gasteiger partial charge in [-0.3, -0.25) is 0 Å². The predicted molar refractivity (Wildman–Crippen MR) is 70.0 cm³/mol. The first kappa shape index (κ1) is 13.1. The van der Waals surface area contributed by atoms with Crippen molar-refractivity contribution >= 4 is 29.2 Å². The summed E-state index contributed by atoms with van der Waals surface area (Å²) < 4.78 is 5.48. The number of halogens is 2. The zero-order valence-corrected chi connectivity index (χ0v) is 10.8. The largest absolute Gasteiger partial charge is 0.478 e. The molecule has 0 bridgehead atoms. The van der Waals surface area contributed by atoms with Crippen LogP contribution in [0.1, 0.15) is 11.7 Å². The number of hydrogen-bond acceptors (Lipinski definition) is 2. The van der Waals surface area contributed by atoms with Gasteiger partial charge in [0.25, 0.3) is 0 Å². The van der Waals surface area contributed by atoms with Crippen LogP contribution in [-0.4, -0.2) is 17.7 Å². The van der Waals surface area contributed by atoms with Gasteiger partial charge in [-0.05, 0) is 23.3 Å². The van der Waals surface area contributed by atoms with Gasteiger partial charge in [0.05, 0.1) is 22.2 Å². The highest BCUT2D eigenvalue weighted by Gasteiger charge is 2.31. The van der Waals surface area contributed by atoms with E-state index in [1.165, 1.54) is 6.08 Å². The number of benzene rings is 1. The molecular weight excluding hydrogens is 275 g/mol. The number of hydrogen-bond donors (Lipinski definition) is 1. The second-order valence-corrected chi connectivity index (χ2v) is 4.63. The Labute approximate surface area is 114 Å². The van der Waals surface area contributed by atoms with Crippen molar-refractivity contribution in [3.05, 3.63) is 57.6 Å². The van der Waals surface area contributed by atoms with Crippen LogP contribution in [-0.2, 0) is 9.53 Å².